The van der Waals surface area contributed by atoms with Crippen molar-refractivity contribution >= 4 is 0 Å². The molecular formula is C21H22O4. The van der Waals surface area contributed by atoms with Gasteiger partial charge in [-0.25, -0.2) is 0 Å². The molecule has 0 bridgehead atoms. The van der Waals surface area contributed by atoms with Gasteiger partial charge in [-0.3, -0.25) is 0 Å². The van der Waals surface area contributed by atoms with Crippen molar-refractivity contribution in [3.05, 3.63) is 66.2 Å². The van der Waals surface area contributed by atoms with E-state index in [1.54, 1.807) is 7.11 Å². The molecule has 2 aliphatic heterocycles. The van der Waals surface area contributed by atoms with Crippen LogP contribution in [0.5, 0.6) is 17.2 Å². The van der Waals surface area contributed by atoms with E-state index in [-0.39, 0.29) is 12.0 Å². The highest BCUT2D eigenvalue weighted by Gasteiger charge is 2.36. The van der Waals surface area contributed by atoms with Crippen LogP contribution < -0.4 is 14.2 Å². The molecule has 25 heavy (non-hydrogen) atoms. The van der Waals surface area contributed by atoms with Gasteiger partial charge in [0.05, 0.1) is 19.8 Å². The number of hydrogen-bond donors (Lipinski definition) is 0. The Labute approximate surface area is 148 Å². The fraction of sp³-hybridized carbons (Fsp3) is 0.333. The van der Waals surface area contributed by atoms with Gasteiger partial charge in [0, 0.05) is 5.92 Å². The number of ether oxygens (including phenoxy) is 4. The Kier molecular flexibility index (Phi) is 4.36. The Morgan fingerprint density at radius 3 is 2.68 bits per heavy atom. The minimum absolute atomic E-state index is 0.0439. The average molecular weight is 338 g/mol. The molecule has 2 heterocycles. The van der Waals surface area contributed by atoms with Crippen LogP contribution in [0.1, 0.15) is 17.2 Å². The second-order valence-corrected chi connectivity index (χ2v) is 6.49. The zero-order valence-corrected chi connectivity index (χ0v) is 14.3. The van der Waals surface area contributed by atoms with Gasteiger partial charge in [0.2, 0.25) is 6.79 Å². The molecule has 0 unspecified atom stereocenters. The zero-order valence-electron chi connectivity index (χ0n) is 14.3. The fourth-order valence-corrected chi connectivity index (χ4v) is 3.69. The van der Waals surface area contributed by atoms with Crippen LogP contribution in [0.15, 0.2) is 55.1 Å². The molecule has 2 aromatic rings. The molecule has 0 amide bonds. The van der Waals surface area contributed by atoms with Gasteiger partial charge in [0.15, 0.2) is 11.5 Å². The van der Waals surface area contributed by atoms with Gasteiger partial charge < -0.3 is 18.9 Å². The highest BCUT2D eigenvalue weighted by atomic mass is 16.7. The molecule has 2 aliphatic rings. The molecule has 3 atom stereocenters. The third-order valence-electron chi connectivity index (χ3n) is 5.04. The monoisotopic (exact) mass is 338 g/mol. The van der Waals surface area contributed by atoms with Crippen molar-refractivity contribution in [1.29, 1.82) is 0 Å². The summed E-state index contributed by atoms with van der Waals surface area (Å²) in [6.07, 6.45) is 3.00. The number of methoxy groups -OCH3 is 1. The van der Waals surface area contributed by atoms with Crippen molar-refractivity contribution in [3.8, 4) is 17.2 Å². The summed E-state index contributed by atoms with van der Waals surface area (Å²) < 4.78 is 22.2. The second kappa shape index (κ2) is 6.81. The zero-order chi connectivity index (χ0) is 17.2. The summed E-state index contributed by atoms with van der Waals surface area (Å²) in [4.78, 5) is 0. The van der Waals surface area contributed by atoms with Gasteiger partial charge in [-0.15, -0.1) is 6.58 Å². The lowest BCUT2D eigenvalue weighted by molar-refractivity contribution is 0.0977. The topological polar surface area (TPSA) is 36.9 Å². The summed E-state index contributed by atoms with van der Waals surface area (Å²) in [5, 5.41) is 0. The van der Waals surface area contributed by atoms with Gasteiger partial charge in [0.25, 0.3) is 0 Å². The third-order valence-corrected chi connectivity index (χ3v) is 5.04. The van der Waals surface area contributed by atoms with Crippen molar-refractivity contribution in [2.24, 2.45) is 11.8 Å². The molecule has 0 radical (unpaired) electrons. The Morgan fingerprint density at radius 1 is 1.12 bits per heavy atom. The molecule has 4 rings (SSSR count). The van der Waals surface area contributed by atoms with Crippen molar-refractivity contribution < 1.29 is 18.9 Å². The largest absolute Gasteiger partial charge is 0.497 e. The molecule has 0 spiro atoms. The summed E-state index contributed by atoms with van der Waals surface area (Å²) in [5.41, 5.74) is 2.40. The Bertz CT molecular complexity index is 753. The average Bonchev–Trinajstić information content (AvgIpc) is 3.28. The van der Waals surface area contributed by atoms with E-state index in [1.807, 2.05) is 24.3 Å². The van der Waals surface area contributed by atoms with Crippen LogP contribution in [-0.4, -0.2) is 20.5 Å². The molecule has 0 aromatic heterocycles. The quantitative estimate of drug-likeness (QED) is 0.767. The number of rotatable bonds is 5. The summed E-state index contributed by atoms with van der Waals surface area (Å²) in [6, 6.07) is 14.3. The van der Waals surface area contributed by atoms with Gasteiger partial charge >= 0.3 is 0 Å². The van der Waals surface area contributed by atoms with Gasteiger partial charge in [0.1, 0.15) is 5.75 Å². The smallest absolute Gasteiger partial charge is 0.231 e. The van der Waals surface area contributed by atoms with Crippen LogP contribution in [-0.2, 0) is 11.2 Å². The molecule has 4 nitrogen and oxygen atoms in total. The molecule has 0 N–H and O–H groups in total. The third kappa shape index (κ3) is 3.10. The summed E-state index contributed by atoms with van der Waals surface area (Å²) >= 11 is 0. The van der Waals surface area contributed by atoms with Crippen LogP contribution in [0.25, 0.3) is 0 Å². The summed E-state index contributed by atoms with van der Waals surface area (Å²) in [5.74, 6) is 3.18. The molecule has 1 saturated heterocycles. The second-order valence-electron chi connectivity index (χ2n) is 6.49. The van der Waals surface area contributed by atoms with Crippen LogP contribution in [0.2, 0.25) is 0 Å². The first-order valence-corrected chi connectivity index (χ1v) is 8.55. The first kappa shape index (κ1) is 16.0. The normalized spacial score (nSPS) is 24.3. The molecule has 2 aromatic carbocycles. The van der Waals surface area contributed by atoms with Gasteiger partial charge in [-0.05, 0) is 47.7 Å². The van der Waals surface area contributed by atoms with E-state index in [2.05, 4.69) is 30.8 Å². The van der Waals surface area contributed by atoms with Crippen LogP contribution in [0.3, 0.4) is 0 Å². The van der Waals surface area contributed by atoms with E-state index >= 15 is 0 Å². The number of fused-ring (bicyclic) bond motifs is 1. The maximum Gasteiger partial charge on any atom is 0.231 e. The van der Waals surface area contributed by atoms with Crippen LogP contribution in [0.4, 0.5) is 0 Å². The van der Waals surface area contributed by atoms with Gasteiger partial charge in [-0.1, -0.05) is 24.3 Å². The SMILES string of the molecule is C=C[C@H]1[C@H](Cc2ccc3c(c2)OCO3)CO[C@@H]1c1ccc(OC)cc1. The highest BCUT2D eigenvalue weighted by Crippen LogP contribution is 2.42. The standard InChI is InChI=1S/C21H22O4/c1-3-18-16(10-14-4-9-19-20(11-14)25-13-24-19)12-23-21(18)15-5-7-17(22-2)8-6-15/h3-9,11,16,18,21H,1,10,12-13H2,2H3/t16-,18+,21-/m1/s1. The molecule has 130 valence electrons. The number of hydrogen-bond acceptors (Lipinski definition) is 4. The van der Waals surface area contributed by atoms with E-state index < -0.39 is 0 Å². The van der Waals surface area contributed by atoms with E-state index in [4.69, 9.17) is 18.9 Å². The van der Waals surface area contributed by atoms with E-state index in [9.17, 15) is 0 Å². The summed E-state index contributed by atoms with van der Waals surface area (Å²) in [6.45, 7) is 5.08. The lowest BCUT2D eigenvalue weighted by atomic mass is 9.84. The minimum atomic E-state index is 0.0439. The van der Waals surface area contributed by atoms with Crippen molar-refractivity contribution in [3.63, 3.8) is 0 Å². The maximum atomic E-state index is 6.13. The highest BCUT2D eigenvalue weighted by molar-refractivity contribution is 5.44. The summed E-state index contributed by atoms with van der Waals surface area (Å²) in [7, 11) is 1.68. The van der Waals surface area contributed by atoms with Crippen LogP contribution in [0, 0.1) is 11.8 Å². The first-order chi connectivity index (χ1) is 12.3. The van der Waals surface area contributed by atoms with E-state index in [1.165, 1.54) is 11.1 Å². The predicted octanol–water partition coefficient (Wildman–Crippen LogP) is 4.16. The van der Waals surface area contributed by atoms with Crippen LogP contribution >= 0.6 is 0 Å². The Morgan fingerprint density at radius 2 is 1.92 bits per heavy atom. The molecular weight excluding hydrogens is 316 g/mol. The maximum absolute atomic E-state index is 6.13. The number of benzene rings is 2. The molecule has 4 heteroatoms. The lowest BCUT2D eigenvalue weighted by Gasteiger charge is -2.20. The Hall–Kier alpha value is -2.46. The first-order valence-electron chi connectivity index (χ1n) is 8.55. The van der Waals surface area contributed by atoms with Gasteiger partial charge in [-0.2, -0.15) is 0 Å². The molecule has 0 saturated carbocycles. The van der Waals surface area contributed by atoms with E-state index in [0.29, 0.717) is 12.7 Å². The lowest BCUT2D eigenvalue weighted by Crippen LogP contribution is -2.15. The molecule has 1 fully saturated rings. The fourth-order valence-electron chi connectivity index (χ4n) is 3.69. The van der Waals surface area contributed by atoms with Crippen molar-refractivity contribution in [1.82, 2.24) is 0 Å². The van der Waals surface area contributed by atoms with Crippen molar-refractivity contribution in [2.75, 3.05) is 20.5 Å². The minimum Gasteiger partial charge on any atom is -0.497 e. The molecule has 0 aliphatic carbocycles. The van der Waals surface area contributed by atoms with E-state index in [0.717, 1.165) is 30.3 Å². The Balaban J connectivity index is 1.50. The predicted molar refractivity (Wildman–Crippen MR) is 95.1 cm³/mol. The van der Waals surface area contributed by atoms with Crippen molar-refractivity contribution in [2.45, 2.75) is 12.5 Å².